The van der Waals surface area contributed by atoms with Crippen molar-refractivity contribution in [2.75, 3.05) is 6.67 Å². The number of benzene rings is 1. The maximum absolute atomic E-state index is 14.0. The molecule has 164 valence electrons. The monoisotopic (exact) mass is 434 g/mol. The minimum Gasteiger partial charge on any atom is -0.429 e. The highest BCUT2D eigenvalue weighted by Gasteiger charge is 2.32. The standard InChI is InChI=1S/C22H31F5OSi/c23-9-1-2-10-29-11-7-17(8-12-29)15-3-5-16(6-4-15)18-13-19(24)21(20(25)14-18)28-22(26)27/h13-17,22,29H,1-12H2/t15-,16-,17-,29-. The molecule has 0 radical (unpaired) electrons. The Labute approximate surface area is 171 Å². The Hall–Kier alpha value is -1.11. The molecular weight excluding hydrogens is 403 g/mol. The maximum atomic E-state index is 14.0. The van der Waals surface area contributed by atoms with Crippen molar-refractivity contribution in [2.24, 2.45) is 11.8 Å². The Balaban J connectivity index is 1.48. The molecule has 2 aliphatic rings. The van der Waals surface area contributed by atoms with Crippen molar-refractivity contribution in [1.29, 1.82) is 0 Å². The molecule has 2 fully saturated rings. The average Bonchev–Trinajstić information content (AvgIpc) is 2.71. The van der Waals surface area contributed by atoms with E-state index in [0.717, 1.165) is 50.2 Å². The van der Waals surface area contributed by atoms with Crippen molar-refractivity contribution < 1.29 is 26.7 Å². The van der Waals surface area contributed by atoms with Gasteiger partial charge in [0.05, 0.1) is 6.67 Å². The van der Waals surface area contributed by atoms with Gasteiger partial charge in [-0.1, -0.05) is 37.4 Å². The average molecular weight is 435 g/mol. The molecule has 1 saturated carbocycles. The molecule has 29 heavy (non-hydrogen) atoms. The van der Waals surface area contributed by atoms with Crippen LogP contribution in [0.4, 0.5) is 22.0 Å². The minimum atomic E-state index is -3.25. The van der Waals surface area contributed by atoms with Gasteiger partial charge in [0.25, 0.3) is 0 Å². The summed E-state index contributed by atoms with van der Waals surface area (Å²) in [5.74, 6) is -1.59. The van der Waals surface area contributed by atoms with Crippen LogP contribution < -0.4 is 4.74 Å². The molecule has 7 heteroatoms. The van der Waals surface area contributed by atoms with Crippen molar-refractivity contribution in [1.82, 2.24) is 0 Å². The lowest BCUT2D eigenvalue weighted by atomic mass is 9.72. The smallest absolute Gasteiger partial charge is 0.387 e. The lowest BCUT2D eigenvalue weighted by molar-refractivity contribution is -0.0546. The summed E-state index contributed by atoms with van der Waals surface area (Å²) in [5, 5.41) is 0. The molecule has 1 aliphatic carbocycles. The minimum absolute atomic E-state index is 0.0715. The second kappa shape index (κ2) is 10.8. The number of hydrogen-bond acceptors (Lipinski definition) is 1. The van der Waals surface area contributed by atoms with Gasteiger partial charge in [-0.3, -0.25) is 4.39 Å². The van der Waals surface area contributed by atoms with Gasteiger partial charge in [-0.2, -0.15) is 8.78 Å². The van der Waals surface area contributed by atoms with Crippen LogP contribution in [0.2, 0.25) is 18.1 Å². The molecule has 3 rings (SSSR count). The summed E-state index contributed by atoms with van der Waals surface area (Å²) < 4.78 is 68.8. The van der Waals surface area contributed by atoms with Crippen LogP contribution in [0.5, 0.6) is 5.75 Å². The summed E-state index contributed by atoms with van der Waals surface area (Å²) in [5.41, 5.74) is 0.545. The lowest BCUT2D eigenvalue weighted by Crippen LogP contribution is -2.28. The van der Waals surface area contributed by atoms with E-state index in [2.05, 4.69) is 4.74 Å². The predicted molar refractivity (Wildman–Crippen MR) is 107 cm³/mol. The molecular formula is C22H31F5OSi. The summed E-state index contributed by atoms with van der Waals surface area (Å²) in [6.45, 7) is -3.44. The summed E-state index contributed by atoms with van der Waals surface area (Å²) in [4.78, 5) is 0. The van der Waals surface area contributed by atoms with Gasteiger partial charge in [0.2, 0.25) is 0 Å². The Kier molecular flexibility index (Phi) is 8.39. The van der Waals surface area contributed by atoms with Crippen LogP contribution in [0, 0.1) is 23.5 Å². The lowest BCUT2D eigenvalue weighted by Gasteiger charge is -2.37. The molecule has 0 N–H and O–H groups in total. The highest BCUT2D eigenvalue weighted by Crippen LogP contribution is 2.44. The molecule has 0 unspecified atom stereocenters. The van der Waals surface area contributed by atoms with Gasteiger partial charge in [0.15, 0.2) is 17.4 Å². The van der Waals surface area contributed by atoms with Crippen LogP contribution in [-0.4, -0.2) is 22.1 Å². The number of ether oxygens (including phenoxy) is 1. The Bertz CT molecular complexity index is 617. The third-order valence-electron chi connectivity index (χ3n) is 7.02. The second-order valence-corrected chi connectivity index (χ2v) is 12.2. The number of unbranched alkanes of at least 4 members (excludes halogenated alkanes) is 1. The van der Waals surface area contributed by atoms with E-state index in [4.69, 9.17) is 0 Å². The maximum Gasteiger partial charge on any atom is 0.387 e. The highest BCUT2D eigenvalue weighted by molar-refractivity contribution is 6.58. The van der Waals surface area contributed by atoms with Gasteiger partial charge < -0.3 is 4.74 Å². The largest absolute Gasteiger partial charge is 0.429 e. The van der Waals surface area contributed by atoms with Crippen molar-refractivity contribution in [3.63, 3.8) is 0 Å². The van der Waals surface area contributed by atoms with Gasteiger partial charge in [-0.05, 0) is 67.6 Å². The van der Waals surface area contributed by atoms with Gasteiger partial charge in [0, 0.05) is 8.80 Å². The first-order chi connectivity index (χ1) is 14.0. The molecule has 1 saturated heterocycles. The Morgan fingerprint density at radius 1 is 0.897 bits per heavy atom. The fourth-order valence-corrected chi connectivity index (χ4v) is 8.95. The molecule has 1 nitrogen and oxygen atoms in total. The normalized spacial score (nSPS) is 27.9. The van der Waals surface area contributed by atoms with Crippen molar-refractivity contribution in [3.8, 4) is 5.75 Å². The van der Waals surface area contributed by atoms with E-state index < -0.39 is 32.8 Å². The molecule has 1 aromatic rings. The van der Waals surface area contributed by atoms with E-state index in [0.29, 0.717) is 17.9 Å². The van der Waals surface area contributed by atoms with Crippen LogP contribution in [-0.2, 0) is 0 Å². The Morgan fingerprint density at radius 3 is 2.03 bits per heavy atom. The van der Waals surface area contributed by atoms with E-state index in [1.807, 2.05) is 0 Å². The quantitative estimate of drug-likeness (QED) is 0.238. The van der Waals surface area contributed by atoms with E-state index in [-0.39, 0.29) is 12.6 Å². The third-order valence-corrected chi connectivity index (χ3v) is 10.5. The van der Waals surface area contributed by atoms with Crippen LogP contribution in [0.3, 0.4) is 0 Å². The van der Waals surface area contributed by atoms with Crippen molar-refractivity contribution >= 4 is 8.80 Å². The second-order valence-electron chi connectivity index (χ2n) is 8.77. The zero-order valence-corrected chi connectivity index (χ0v) is 18.0. The topological polar surface area (TPSA) is 9.23 Å². The number of halogens is 5. The van der Waals surface area contributed by atoms with Crippen molar-refractivity contribution in [3.05, 3.63) is 29.3 Å². The molecule has 0 spiro atoms. The van der Waals surface area contributed by atoms with E-state index in [1.165, 1.54) is 31.0 Å². The zero-order chi connectivity index (χ0) is 20.8. The number of alkyl halides is 3. The highest BCUT2D eigenvalue weighted by atomic mass is 28.3. The molecule has 1 aromatic carbocycles. The Morgan fingerprint density at radius 2 is 1.48 bits per heavy atom. The zero-order valence-electron chi connectivity index (χ0n) is 16.8. The molecule has 1 aliphatic heterocycles. The first-order valence-electron chi connectivity index (χ1n) is 11.0. The van der Waals surface area contributed by atoms with Crippen LogP contribution in [0.1, 0.15) is 62.8 Å². The van der Waals surface area contributed by atoms with E-state index in [9.17, 15) is 22.0 Å². The molecule has 0 atom stereocenters. The number of hydrogen-bond donors (Lipinski definition) is 0. The van der Waals surface area contributed by atoms with Crippen molar-refractivity contribution in [2.45, 2.75) is 82.0 Å². The fourth-order valence-electron chi connectivity index (χ4n) is 5.42. The summed E-state index contributed by atoms with van der Waals surface area (Å²) in [6, 6.07) is 6.34. The van der Waals surface area contributed by atoms with E-state index in [1.54, 1.807) is 0 Å². The molecule has 0 amide bonds. The predicted octanol–water partition coefficient (Wildman–Crippen LogP) is 7.23. The number of rotatable bonds is 8. The molecule has 1 heterocycles. The summed E-state index contributed by atoms with van der Waals surface area (Å²) in [6.07, 6.45) is 8.24. The van der Waals surface area contributed by atoms with E-state index >= 15 is 0 Å². The van der Waals surface area contributed by atoms with Gasteiger partial charge in [-0.25, -0.2) is 8.78 Å². The van der Waals surface area contributed by atoms with Gasteiger partial charge in [0.1, 0.15) is 0 Å². The third kappa shape index (κ3) is 6.19. The first kappa shape index (κ1) is 22.6. The first-order valence-corrected chi connectivity index (χ1v) is 13.4. The molecule has 0 aromatic heterocycles. The summed E-state index contributed by atoms with van der Waals surface area (Å²) >= 11 is 0. The van der Waals surface area contributed by atoms with Crippen LogP contribution in [0.25, 0.3) is 0 Å². The van der Waals surface area contributed by atoms with Gasteiger partial charge >= 0.3 is 6.61 Å². The fraction of sp³-hybridized carbons (Fsp3) is 0.727. The van der Waals surface area contributed by atoms with Crippen LogP contribution >= 0.6 is 0 Å². The van der Waals surface area contributed by atoms with Crippen LogP contribution in [0.15, 0.2) is 12.1 Å². The SMILES string of the molecule is FCCCC[Si@H]1CC[C@H]([C@H]2CC[C@H](c3cc(F)c(OC(F)F)c(F)c3)CC2)CC1. The molecule has 0 bridgehead atoms. The van der Waals surface area contributed by atoms with Gasteiger partial charge in [-0.15, -0.1) is 0 Å². The summed E-state index contributed by atoms with van der Waals surface area (Å²) in [7, 11) is -0.654.